The summed E-state index contributed by atoms with van der Waals surface area (Å²) in [5, 5.41) is 0.676. The van der Waals surface area contributed by atoms with Crippen LogP contribution in [0.3, 0.4) is 0 Å². The van der Waals surface area contributed by atoms with E-state index in [4.69, 9.17) is 22.1 Å². The molecule has 1 unspecified atom stereocenters. The minimum absolute atomic E-state index is 0.274. The van der Waals surface area contributed by atoms with Gasteiger partial charge in [0.05, 0.1) is 11.6 Å². The molecule has 100 valence electrons. The maximum atomic E-state index is 6.20. The smallest absolute Gasteiger partial charge is 0.138 e. The molecule has 2 rings (SSSR count). The number of hydrogen-bond acceptors (Lipinski definition) is 2. The highest BCUT2D eigenvalue weighted by Crippen LogP contribution is 2.29. The zero-order valence-electron chi connectivity index (χ0n) is 11.0. The van der Waals surface area contributed by atoms with Crippen LogP contribution < -0.4 is 10.5 Å². The molecule has 1 aromatic carbocycles. The Balaban J connectivity index is 1.79. The van der Waals surface area contributed by atoms with Crippen molar-refractivity contribution in [3.8, 4) is 5.75 Å². The summed E-state index contributed by atoms with van der Waals surface area (Å²) < 4.78 is 5.74. The van der Waals surface area contributed by atoms with E-state index in [1.54, 1.807) is 0 Å². The minimum atomic E-state index is 0.274. The fourth-order valence-electron chi connectivity index (χ4n) is 2.65. The summed E-state index contributed by atoms with van der Waals surface area (Å²) >= 11 is 6.08. The van der Waals surface area contributed by atoms with E-state index >= 15 is 0 Å². The van der Waals surface area contributed by atoms with E-state index in [1.165, 1.54) is 25.7 Å². The summed E-state index contributed by atoms with van der Waals surface area (Å²) in [4.78, 5) is 0. The van der Waals surface area contributed by atoms with E-state index in [9.17, 15) is 0 Å². The van der Waals surface area contributed by atoms with Gasteiger partial charge in [-0.15, -0.1) is 0 Å². The van der Waals surface area contributed by atoms with E-state index in [-0.39, 0.29) is 6.04 Å². The number of hydrogen-bond donors (Lipinski definition) is 1. The summed E-state index contributed by atoms with van der Waals surface area (Å²) in [6.45, 7) is 2.69. The van der Waals surface area contributed by atoms with Crippen LogP contribution in [0.25, 0.3) is 0 Å². The molecule has 0 heterocycles. The Morgan fingerprint density at radius 3 is 2.83 bits per heavy atom. The van der Waals surface area contributed by atoms with Gasteiger partial charge in [0.2, 0.25) is 0 Å². The van der Waals surface area contributed by atoms with Gasteiger partial charge in [-0.25, -0.2) is 0 Å². The van der Waals surface area contributed by atoms with Crippen molar-refractivity contribution in [3.05, 3.63) is 28.8 Å². The van der Waals surface area contributed by atoms with Crippen molar-refractivity contribution >= 4 is 11.6 Å². The average molecular weight is 268 g/mol. The molecule has 1 aliphatic carbocycles. The zero-order chi connectivity index (χ0) is 13.0. The van der Waals surface area contributed by atoms with Crippen molar-refractivity contribution in [1.29, 1.82) is 0 Å². The van der Waals surface area contributed by atoms with Crippen LogP contribution in [0.15, 0.2) is 18.2 Å². The standard InChI is InChI=1S/C15H22ClNO/c1-11-6-7-13(16)15(10-11)18-9-8-14(17)12-4-2-3-5-12/h6-7,10,12,14H,2-5,8-9,17H2,1H3. The molecule has 1 aliphatic rings. The van der Waals surface area contributed by atoms with E-state index < -0.39 is 0 Å². The second-order valence-corrected chi connectivity index (χ2v) is 5.69. The molecular formula is C15H22ClNO. The van der Waals surface area contributed by atoms with Crippen molar-refractivity contribution < 1.29 is 4.74 Å². The van der Waals surface area contributed by atoms with E-state index in [0.717, 1.165) is 17.7 Å². The van der Waals surface area contributed by atoms with Crippen LogP contribution in [-0.2, 0) is 0 Å². The Hall–Kier alpha value is -0.730. The van der Waals surface area contributed by atoms with Crippen molar-refractivity contribution in [1.82, 2.24) is 0 Å². The number of ether oxygens (including phenoxy) is 1. The molecule has 1 atom stereocenters. The van der Waals surface area contributed by atoms with Crippen molar-refractivity contribution in [2.45, 2.75) is 45.1 Å². The SMILES string of the molecule is Cc1ccc(Cl)c(OCCC(N)C2CCCC2)c1. The fourth-order valence-corrected chi connectivity index (χ4v) is 2.82. The van der Waals surface area contributed by atoms with E-state index in [0.29, 0.717) is 17.5 Å². The number of halogens is 1. The molecule has 0 amide bonds. The molecule has 1 saturated carbocycles. The molecule has 2 nitrogen and oxygen atoms in total. The van der Waals surface area contributed by atoms with Crippen molar-refractivity contribution in [2.75, 3.05) is 6.61 Å². The third-order valence-corrected chi connectivity index (χ3v) is 4.11. The highest BCUT2D eigenvalue weighted by molar-refractivity contribution is 6.32. The van der Waals surface area contributed by atoms with Gasteiger partial charge < -0.3 is 10.5 Å². The Morgan fingerprint density at radius 1 is 1.39 bits per heavy atom. The molecule has 1 aromatic rings. The Bertz CT molecular complexity index is 388. The van der Waals surface area contributed by atoms with Crippen LogP contribution in [0.5, 0.6) is 5.75 Å². The summed E-state index contributed by atoms with van der Waals surface area (Å²) in [5.41, 5.74) is 7.36. The third kappa shape index (κ3) is 3.63. The Morgan fingerprint density at radius 2 is 2.11 bits per heavy atom. The second-order valence-electron chi connectivity index (χ2n) is 5.28. The lowest BCUT2D eigenvalue weighted by molar-refractivity contribution is 0.274. The molecule has 1 fully saturated rings. The van der Waals surface area contributed by atoms with Crippen LogP contribution in [0.2, 0.25) is 5.02 Å². The van der Waals surface area contributed by atoms with Crippen LogP contribution in [0, 0.1) is 12.8 Å². The Kier molecular flexibility index (Phi) is 4.90. The van der Waals surface area contributed by atoms with Gasteiger partial charge in [-0.1, -0.05) is 30.5 Å². The first-order valence-electron chi connectivity index (χ1n) is 6.81. The van der Waals surface area contributed by atoms with Gasteiger partial charge in [0.25, 0.3) is 0 Å². The summed E-state index contributed by atoms with van der Waals surface area (Å²) in [7, 11) is 0. The third-order valence-electron chi connectivity index (χ3n) is 3.80. The van der Waals surface area contributed by atoms with Crippen LogP contribution in [0.1, 0.15) is 37.7 Å². The van der Waals surface area contributed by atoms with Gasteiger partial charge in [0.1, 0.15) is 5.75 Å². The maximum Gasteiger partial charge on any atom is 0.138 e. The normalized spacial score (nSPS) is 17.9. The second kappa shape index (κ2) is 6.44. The molecule has 0 bridgehead atoms. The first-order chi connectivity index (χ1) is 8.66. The lowest BCUT2D eigenvalue weighted by atomic mass is 9.97. The van der Waals surface area contributed by atoms with Crippen molar-refractivity contribution in [3.63, 3.8) is 0 Å². The lowest BCUT2D eigenvalue weighted by Gasteiger charge is -2.19. The van der Waals surface area contributed by atoms with Gasteiger partial charge in [0, 0.05) is 6.04 Å². The predicted molar refractivity (Wildman–Crippen MR) is 76.2 cm³/mol. The van der Waals surface area contributed by atoms with Gasteiger partial charge >= 0.3 is 0 Å². The van der Waals surface area contributed by atoms with Crippen LogP contribution in [-0.4, -0.2) is 12.6 Å². The van der Waals surface area contributed by atoms with Gasteiger partial charge in [-0.3, -0.25) is 0 Å². The molecule has 0 saturated heterocycles. The highest BCUT2D eigenvalue weighted by atomic mass is 35.5. The summed E-state index contributed by atoms with van der Waals surface area (Å²) in [5.74, 6) is 1.47. The molecule has 18 heavy (non-hydrogen) atoms. The van der Waals surface area contributed by atoms with Crippen LogP contribution >= 0.6 is 11.6 Å². The number of rotatable bonds is 5. The molecule has 0 aliphatic heterocycles. The van der Waals surface area contributed by atoms with Crippen LogP contribution in [0.4, 0.5) is 0 Å². The number of benzene rings is 1. The molecule has 0 radical (unpaired) electrons. The quantitative estimate of drug-likeness (QED) is 0.877. The van der Waals surface area contributed by atoms with Gasteiger partial charge in [-0.05, 0) is 49.8 Å². The highest BCUT2D eigenvalue weighted by Gasteiger charge is 2.21. The maximum absolute atomic E-state index is 6.20. The lowest BCUT2D eigenvalue weighted by Crippen LogP contribution is -2.30. The number of aryl methyl sites for hydroxylation is 1. The van der Waals surface area contributed by atoms with Gasteiger partial charge in [0.15, 0.2) is 0 Å². The summed E-state index contributed by atoms with van der Waals surface area (Å²) in [6.07, 6.45) is 6.15. The Labute approximate surface area is 114 Å². The molecule has 3 heteroatoms. The molecule has 0 aromatic heterocycles. The van der Waals surface area contributed by atoms with E-state index in [2.05, 4.69) is 0 Å². The zero-order valence-corrected chi connectivity index (χ0v) is 11.7. The number of nitrogens with two attached hydrogens (primary N) is 1. The van der Waals surface area contributed by atoms with Gasteiger partial charge in [-0.2, -0.15) is 0 Å². The molecule has 0 spiro atoms. The van der Waals surface area contributed by atoms with E-state index in [1.807, 2.05) is 25.1 Å². The molecule has 2 N–H and O–H groups in total. The fraction of sp³-hybridized carbons (Fsp3) is 0.600. The minimum Gasteiger partial charge on any atom is -0.492 e. The molecular weight excluding hydrogens is 246 g/mol. The largest absolute Gasteiger partial charge is 0.492 e. The topological polar surface area (TPSA) is 35.2 Å². The first kappa shape index (κ1) is 13.7. The monoisotopic (exact) mass is 267 g/mol. The van der Waals surface area contributed by atoms with Crippen molar-refractivity contribution in [2.24, 2.45) is 11.7 Å². The first-order valence-corrected chi connectivity index (χ1v) is 7.19. The average Bonchev–Trinajstić information content (AvgIpc) is 2.87. The predicted octanol–water partition coefficient (Wildman–Crippen LogP) is 3.93. The summed E-state index contributed by atoms with van der Waals surface area (Å²) in [6, 6.07) is 6.11.